The molecule has 0 atom stereocenters. The molecule has 0 unspecified atom stereocenters. The van der Waals surface area contributed by atoms with E-state index >= 15 is 0 Å². The molecule has 0 aliphatic carbocycles. The summed E-state index contributed by atoms with van der Waals surface area (Å²) in [6, 6.07) is 0. The van der Waals surface area contributed by atoms with Crippen LogP contribution in [0, 0.1) is 19.8 Å². The molecule has 2 aromatic rings. The lowest BCUT2D eigenvalue weighted by Gasteiger charge is -2.30. The van der Waals surface area contributed by atoms with E-state index in [-0.39, 0.29) is 17.2 Å². The second-order valence-electron chi connectivity index (χ2n) is 7.77. The topological polar surface area (TPSA) is 77.2 Å². The van der Waals surface area contributed by atoms with E-state index in [1.54, 1.807) is 7.05 Å². The fourth-order valence-corrected chi connectivity index (χ4v) is 3.96. The molecule has 3 heterocycles. The molecule has 0 radical (unpaired) electrons. The Labute approximate surface area is 158 Å². The molecule has 7 heteroatoms. The van der Waals surface area contributed by atoms with E-state index in [1.807, 2.05) is 18.7 Å². The van der Waals surface area contributed by atoms with E-state index in [9.17, 15) is 14.4 Å². The van der Waals surface area contributed by atoms with Gasteiger partial charge in [0.2, 0.25) is 5.91 Å². The number of piperidine rings is 1. The van der Waals surface area contributed by atoms with Crippen molar-refractivity contribution in [2.75, 3.05) is 13.1 Å². The molecule has 0 spiro atoms. The molecule has 0 aromatic carbocycles. The standard InChI is InChI=1S/C20H28N4O3/c1-12-8-10-24(11-9-12)16(25)7-6-15-13(2)17-18(21-14(15)3)22(4)20(27)23(5)19(17)26/h12H,6-11H2,1-5H3. The van der Waals surface area contributed by atoms with Gasteiger partial charge in [-0.3, -0.25) is 18.7 Å². The van der Waals surface area contributed by atoms with Crippen LogP contribution < -0.4 is 11.2 Å². The lowest BCUT2D eigenvalue weighted by atomic mass is 9.97. The van der Waals surface area contributed by atoms with Gasteiger partial charge in [-0.05, 0) is 50.2 Å². The fourth-order valence-electron chi connectivity index (χ4n) is 3.96. The van der Waals surface area contributed by atoms with Crippen LogP contribution in [0.5, 0.6) is 0 Å². The SMILES string of the molecule is Cc1nc2c(c(C)c1CCC(=O)N1CCC(C)CC1)c(=O)n(C)c(=O)n2C. The summed E-state index contributed by atoms with van der Waals surface area (Å²) in [5.41, 5.74) is 2.18. The van der Waals surface area contributed by atoms with Gasteiger partial charge in [-0.2, -0.15) is 0 Å². The zero-order valence-electron chi connectivity index (χ0n) is 16.8. The number of aryl methyl sites for hydroxylation is 3. The van der Waals surface area contributed by atoms with Crippen molar-refractivity contribution in [1.29, 1.82) is 0 Å². The van der Waals surface area contributed by atoms with Gasteiger partial charge in [0.1, 0.15) is 5.65 Å². The summed E-state index contributed by atoms with van der Waals surface area (Å²) in [6.07, 6.45) is 3.09. The van der Waals surface area contributed by atoms with Gasteiger partial charge < -0.3 is 4.90 Å². The minimum atomic E-state index is -0.388. The highest BCUT2D eigenvalue weighted by atomic mass is 16.2. The number of carbonyl (C=O) groups excluding carboxylic acids is 1. The van der Waals surface area contributed by atoms with E-state index in [4.69, 9.17) is 0 Å². The third-order valence-electron chi connectivity index (χ3n) is 5.90. The number of rotatable bonds is 3. The molecule has 27 heavy (non-hydrogen) atoms. The quantitative estimate of drug-likeness (QED) is 0.817. The number of hydrogen-bond acceptors (Lipinski definition) is 4. The molecule has 1 saturated heterocycles. The minimum Gasteiger partial charge on any atom is -0.343 e. The van der Waals surface area contributed by atoms with E-state index in [1.165, 1.54) is 11.6 Å². The number of aromatic nitrogens is 3. The molecule has 1 amide bonds. The van der Waals surface area contributed by atoms with Crippen molar-refractivity contribution in [2.45, 2.75) is 46.5 Å². The van der Waals surface area contributed by atoms with Crippen LogP contribution >= 0.6 is 0 Å². The van der Waals surface area contributed by atoms with Gasteiger partial charge in [0.15, 0.2) is 0 Å². The van der Waals surface area contributed by atoms with Gasteiger partial charge in [0.05, 0.1) is 5.39 Å². The van der Waals surface area contributed by atoms with Crippen molar-refractivity contribution in [1.82, 2.24) is 19.0 Å². The Bertz CT molecular complexity index is 1010. The van der Waals surface area contributed by atoms with E-state index in [0.29, 0.717) is 29.8 Å². The highest BCUT2D eigenvalue weighted by Crippen LogP contribution is 2.22. The zero-order valence-corrected chi connectivity index (χ0v) is 16.8. The number of carbonyl (C=O) groups is 1. The average molecular weight is 372 g/mol. The lowest BCUT2D eigenvalue weighted by Crippen LogP contribution is -2.38. The molecule has 0 bridgehead atoms. The normalized spacial score (nSPS) is 15.5. The predicted molar refractivity (Wildman–Crippen MR) is 105 cm³/mol. The van der Waals surface area contributed by atoms with Gasteiger partial charge in [-0.15, -0.1) is 0 Å². The first-order valence-corrected chi connectivity index (χ1v) is 9.56. The maximum atomic E-state index is 12.6. The van der Waals surface area contributed by atoms with Crippen LogP contribution in [0.3, 0.4) is 0 Å². The average Bonchev–Trinajstić information content (AvgIpc) is 2.64. The largest absolute Gasteiger partial charge is 0.343 e. The number of likely N-dealkylation sites (tertiary alicyclic amines) is 1. The van der Waals surface area contributed by atoms with Crippen LogP contribution in [0.25, 0.3) is 11.0 Å². The monoisotopic (exact) mass is 372 g/mol. The summed E-state index contributed by atoms with van der Waals surface area (Å²) < 4.78 is 2.51. The molecule has 1 aliphatic heterocycles. The maximum absolute atomic E-state index is 12.6. The summed E-state index contributed by atoms with van der Waals surface area (Å²) in [5, 5.41) is 0.458. The van der Waals surface area contributed by atoms with Crippen LogP contribution in [-0.4, -0.2) is 38.0 Å². The molecule has 1 aliphatic rings. The first kappa shape index (κ1) is 19.3. The lowest BCUT2D eigenvalue weighted by molar-refractivity contribution is -0.132. The Morgan fingerprint density at radius 2 is 1.74 bits per heavy atom. The Morgan fingerprint density at radius 3 is 2.37 bits per heavy atom. The Balaban J connectivity index is 1.92. The smallest absolute Gasteiger partial charge is 0.332 e. The number of pyridine rings is 1. The number of hydrogen-bond donors (Lipinski definition) is 0. The van der Waals surface area contributed by atoms with Gasteiger partial charge in [-0.25, -0.2) is 9.78 Å². The summed E-state index contributed by atoms with van der Waals surface area (Å²) in [7, 11) is 3.10. The van der Waals surface area contributed by atoms with Crippen LogP contribution in [0.15, 0.2) is 9.59 Å². The number of amides is 1. The highest BCUT2D eigenvalue weighted by molar-refractivity contribution is 5.80. The summed E-state index contributed by atoms with van der Waals surface area (Å²) >= 11 is 0. The van der Waals surface area contributed by atoms with Crippen molar-refractivity contribution in [3.8, 4) is 0 Å². The van der Waals surface area contributed by atoms with Gasteiger partial charge in [0.25, 0.3) is 5.56 Å². The molecule has 146 valence electrons. The maximum Gasteiger partial charge on any atom is 0.332 e. The minimum absolute atomic E-state index is 0.161. The molecule has 0 saturated carbocycles. The molecule has 1 fully saturated rings. The van der Waals surface area contributed by atoms with E-state index in [0.717, 1.165) is 47.3 Å². The van der Waals surface area contributed by atoms with Crippen molar-refractivity contribution >= 4 is 16.9 Å². The summed E-state index contributed by atoms with van der Waals surface area (Å²) in [4.78, 5) is 43.8. The third-order valence-corrected chi connectivity index (χ3v) is 5.90. The Hall–Kier alpha value is -2.44. The molecule has 2 aromatic heterocycles. The van der Waals surface area contributed by atoms with Crippen molar-refractivity contribution in [3.63, 3.8) is 0 Å². The first-order chi connectivity index (χ1) is 12.7. The van der Waals surface area contributed by atoms with E-state index < -0.39 is 0 Å². The van der Waals surface area contributed by atoms with Crippen molar-refractivity contribution in [3.05, 3.63) is 37.7 Å². The second kappa shape index (κ2) is 7.29. The first-order valence-electron chi connectivity index (χ1n) is 9.56. The molecular weight excluding hydrogens is 344 g/mol. The second-order valence-corrected chi connectivity index (χ2v) is 7.77. The van der Waals surface area contributed by atoms with Crippen LogP contribution in [-0.2, 0) is 25.3 Å². The Morgan fingerprint density at radius 1 is 1.11 bits per heavy atom. The van der Waals surface area contributed by atoms with Crippen LogP contribution in [0.1, 0.15) is 43.0 Å². The number of fused-ring (bicyclic) bond motifs is 1. The summed E-state index contributed by atoms with van der Waals surface area (Å²) in [5.74, 6) is 0.847. The molecule has 0 N–H and O–H groups in total. The third kappa shape index (κ3) is 3.42. The van der Waals surface area contributed by atoms with Gasteiger partial charge >= 0.3 is 5.69 Å². The number of nitrogens with zero attached hydrogens (tertiary/aromatic N) is 4. The van der Waals surface area contributed by atoms with Gasteiger partial charge in [0, 0.05) is 39.3 Å². The van der Waals surface area contributed by atoms with Crippen molar-refractivity contribution in [2.24, 2.45) is 20.0 Å². The zero-order chi connectivity index (χ0) is 19.9. The van der Waals surface area contributed by atoms with Crippen molar-refractivity contribution < 1.29 is 4.79 Å². The Kier molecular flexibility index (Phi) is 5.22. The summed E-state index contributed by atoms with van der Waals surface area (Å²) in [6.45, 7) is 7.64. The fraction of sp³-hybridized carbons (Fsp3) is 0.600. The highest BCUT2D eigenvalue weighted by Gasteiger charge is 2.22. The molecular formula is C20H28N4O3. The van der Waals surface area contributed by atoms with Crippen LogP contribution in [0.4, 0.5) is 0 Å². The molecule has 7 nitrogen and oxygen atoms in total. The molecule has 3 rings (SSSR count). The van der Waals surface area contributed by atoms with E-state index in [2.05, 4.69) is 11.9 Å². The predicted octanol–water partition coefficient (Wildman–Crippen LogP) is 1.44. The van der Waals surface area contributed by atoms with Gasteiger partial charge in [-0.1, -0.05) is 6.92 Å². The van der Waals surface area contributed by atoms with Crippen LogP contribution in [0.2, 0.25) is 0 Å².